The van der Waals surface area contributed by atoms with Gasteiger partial charge in [0.1, 0.15) is 17.4 Å². The lowest BCUT2D eigenvalue weighted by Crippen LogP contribution is -1.99. The number of aryl methyl sites for hydroxylation is 3. The van der Waals surface area contributed by atoms with Gasteiger partial charge in [-0.05, 0) is 26.3 Å². The SMILES string of the molecule is CCc1cc(OCc2nc(C)c(C)s2)c(C(=O)O)s1. The number of hydrogen-bond acceptors (Lipinski definition) is 5. The van der Waals surface area contributed by atoms with Gasteiger partial charge in [0.2, 0.25) is 0 Å². The van der Waals surface area contributed by atoms with E-state index >= 15 is 0 Å². The van der Waals surface area contributed by atoms with Crippen LogP contribution >= 0.6 is 22.7 Å². The van der Waals surface area contributed by atoms with Crippen LogP contribution in [-0.4, -0.2) is 16.1 Å². The molecule has 2 rings (SSSR count). The van der Waals surface area contributed by atoms with Crippen LogP contribution in [0.5, 0.6) is 5.75 Å². The summed E-state index contributed by atoms with van der Waals surface area (Å²) in [4.78, 5) is 18.0. The number of carbonyl (C=O) groups is 1. The third-order valence-corrected chi connectivity index (χ3v) is 5.01. The number of rotatable bonds is 5. The van der Waals surface area contributed by atoms with Gasteiger partial charge in [0.05, 0.1) is 5.69 Å². The predicted molar refractivity (Wildman–Crippen MR) is 76.6 cm³/mol. The summed E-state index contributed by atoms with van der Waals surface area (Å²) in [6.45, 7) is 6.28. The molecule has 19 heavy (non-hydrogen) atoms. The van der Waals surface area contributed by atoms with Crippen molar-refractivity contribution < 1.29 is 14.6 Å². The molecule has 0 radical (unpaired) electrons. The van der Waals surface area contributed by atoms with E-state index in [2.05, 4.69) is 4.98 Å². The monoisotopic (exact) mass is 297 g/mol. The molecule has 0 spiro atoms. The lowest BCUT2D eigenvalue weighted by Gasteiger charge is -2.02. The summed E-state index contributed by atoms with van der Waals surface area (Å²) >= 11 is 2.85. The molecule has 0 unspecified atom stereocenters. The van der Waals surface area contributed by atoms with Crippen molar-refractivity contribution in [2.24, 2.45) is 0 Å². The number of hydrogen-bond donors (Lipinski definition) is 1. The molecule has 0 aromatic carbocycles. The van der Waals surface area contributed by atoms with E-state index in [1.807, 2.05) is 20.8 Å². The molecule has 4 nitrogen and oxygen atoms in total. The Kier molecular flexibility index (Phi) is 4.21. The fraction of sp³-hybridized carbons (Fsp3) is 0.385. The molecular weight excluding hydrogens is 282 g/mol. The number of thiophene rings is 1. The van der Waals surface area contributed by atoms with Crippen LogP contribution in [0.25, 0.3) is 0 Å². The summed E-state index contributed by atoms with van der Waals surface area (Å²) in [5, 5.41) is 10.0. The normalized spacial score (nSPS) is 10.7. The third-order valence-electron chi connectivity index (χ3n) is 2.72. The number of thiazole rings is 1. The molecule has 0 saturated carbocycles. The predicted octanol–water partition coefficient (Wildman–Crippen LogP) is 3.66. The van der Waals surface area contributed by atoms with E-state index in [0.717, 1.165) is 26.9 Å². The zero-order valence-electron chi connectivity index (χ0n) is 11.0. The highest BCUT2D eigenvalue weighted by Crippen LogP contribution is 2.31. The van der Waals surface area contributed by atoms with Crippen LogP contribution in [-0.2, 0) is 13.0 Å². The number of carboxylic acids is 1. The second kappa shape index (κ2) is 5.71. The molecule has 0 fully saturated rings. The van der Waals surface area contributed by atoms with Crippen LogP contribution in [0.3, 0.4) is 0 Å². The molecular formula is C13H15NO3S2. The van der Waals surface area contributed by atoms with Crippen LogP contribution in [0.1, 0.15) is 37.1 Å². The Morgan fingerprint density at radius 2 is 2.16 bits per heavy atom. The minimum atomic E-state index is -0.939. The van der Waals surface area contributed by atoms with Gasteiger partial charge in [-0.1, -0.05) is 6.92 Å². The van der Waals surface area contributed by atoms with Crippen molar-refractivity contribution in [3.05, 3.63) is 31.4 Å². The Balaban J connectivity index is 2.14. The van der Waals surface area contributed by atoms with E-state index in [-0.39, 0.29) is 4.88 Å². The second-order valence-electron chi connectivity index (χ2n) is 4.10. The van der Waals surface area contributed by atoms with Crippen LogP contribution in [0.2, 0.25) is 0 Å². The average Bonchev–Trinajstić information content (AvgIpc) is 2.91. The Morgan fingerprint density at radius 3 is 2.68 bits per heavy atom. The average molecular weight is 297 g/mol. The highest BCUT2D eigenvalue weighted by molar-refractivity contribution is 7.14. The van der Waals surface area contributed by atoms with E-state index in [0.29, 0.717) is 12.4 Å². The standard InChI is InChI=1S/C13H15NO3S2/c1-4-9-5-10(12(19-9)13(15)16)17-6-11-14-7(2)8(3)18-11/h5H,4,6H2,1-3H3,(H,15,16). The number of nitrogens with zero attached hydrogens (tertiary/aromatic N) is 1. The molecule has 0 atom stereocenters. The molecule has 1 N–H and O–H groups in total. The van der Waals surface area contributed by atoms with Gasteiger partial charge < -0.3 is 9.84 Å². The Hall–Kier alpha value is -1.40. The zero-order chi connectivity index (χ0) is 14.0. The maximum Gasteiger partial charge on any atom is 0.349 e. The smallest absolute Gasteiger partial charge is 0.349 e. The van der Waals surface area contributed by atoms with Gasteiger partial charge >= 0.3 is 5.97 Å². The molecule has 0 aliphatic heterocycles. The van der Waals surface area contributed by atoms with Crippen molar-refractivity contribution in [2.75, 3.05) is 0 Å². The van der Waals surface area contributed by atoms with E-state index in [9.17, 15) is 4.79 Å². The van der Waals surface area contributed by atoms with Gasteiger partial charge in [0.15, 0.2) is 4.88 Å². The molecule has 102 valence electrons. The fourth-order valence-corrected chi connectivity index (χ4v) is 3.32. The first-order valence-electron chi connectivity index (χ1n) is 5.93. The maximum atomic E-state index is 11.1. The highest BCUT2D eigenvalue weighted by Gasteiger charge is 2.16. The van der Waals surface area contributed by atoms with Crippen molar-refractivity contribution in [1.82, 2.24) is 4.98 Å². The number of aromatic nitrogens is 1. The zero-order valence-corrected chi connectivity index (χ0v) is 12.7. The lowest BCUT2D eigenvalue weighted by atomic mass is 10.3. The van der Waals surface area contributed by atoms with E-state index in [4.69, 9.17) is 9.84 Å². The maximum absolute atomic E-state index is 11.1. The molecule has 0 amide bonds. The fourth-order valence-electron chi connectivity index (χ4n) is 1.59. The first-order valence-corrected chi connectivity index (χ1v) is 7.56. The second-order valence-corrected chi connectivity index (χ2v) is 6.53. The summed E-state index contributed by atoms with van der Waals surface area (Å²) in [7, 11) is 0. The minimum absolute atomic E-state index is 0.266. The van der Waals surface area contributed by atoms with E-state index in [1.54, 1.807) is 17.4 Å². The Morgan fingerprint density at radius 1 is 1.42 bits per heavy atom. The number of carboxylic acid groups (broad SMARTS) is 1. The topological polar surface area (TPSA) is 59.4 Å². The Labute approximate surface area is 119 Å². The van der Waals surface area contributed by atoms with Crippen molar-refractivity contribution in [3.63, 3.8) is 0 Å². The van der Waals surface area contributed by atoms with Crippen molar-refractivity contribution >= 4 is 28.6 Å². The van der Waals surface area contributed by atoms with Gasteiger partial charge in [-0.15, -0.1) is 22.7 Å². The summed E-state index contributed by atoms with van der Waals surface area (Å²) in [5.74, 6) is -0.494. The van der Waals surface area contributed by atoms with Gasteiger partial charge in [0.25, 0.3) is 0 Å². The quantitative estimate of drug-likeness (QED) is 0.915. The van der Waals surface area contributed by atoms with Crippen LogP contribution in [0, 0.1) is 13.8 Å². The summed E-state index contributed by atoms with van der Waals surface area (Å²) in [5.41, 5.74) is 1.00. The first kappa shape index (κ1) is 14.0. The van der Waals surface area contributed by atoms with Crippen molar-refractivity contribution in [3.8, 4) is 5.75 Å². The molecule has 0 aliphatic rings. The van der Waals surface area contributed by atoms with Crippen LogP contribution in [0.15, 0.2) is 6.07 Å². The lowest BCUT2D eigenvalue weighted by molar-refractivity contribution is 0.0697. The minimum Gasteiger partial charge on any atom is -0.485 e. The molecule has 2 aromatic heterocycles. The third kappa shape index (κ3) is 3.13. The van der Waals surface area contributed by atoms with Crippen molar-refractivity contribution in [2.45, 2.75) is 33.8 Å². The first-order chi connectivity index (χ1) is 9.01. The van der Waals surface area contributed by atoms with Crippen LogP contribution in [0.4, 0.5) is 0 Å². The molecule has 2 heterocycles. The van der Waals surface area contributed by atoms with Gasteiger partial charge in [-0.3, -0.25) is 0 Å². The van der Waals surface area contributed by atoms with Gasteiger partial charge in [0, 0.05) is 9.75 Å². The molecule has 2 aromatic rings. The van der Waals surface area contributed by atoms with Crippen LogP contribution < -0.4 is 4.74 Å². The number of aromatic carboxylic acids is 1. The van der Waals surface area contributed by atoms with Gasteiger partial charge in [-0.2, -0.15) is 0 Å². The number of ether oxygens (including phenoxy) is 1. The molecule has 0 bridgehead atoms. The molecule has 0 saturated heterocycles. The highest BCUT2D eigenvalue weighted by atomic mass is 32.1. The van der Waals surface area contributed by atoms with Gasteiger partial charge in [-0.25, -0.2) is 9.78 Å². The molecule has 0 aliphatic carbocycles. The van der Waals surface area contributed by atoms with E-state index in [1.165, 1.54) is 11.3 Å². The largest absolute Gasteiger partial charge is 0.485 e. The summed E-state index contributed by atoms with van der Waals surface area (Å²) < 4.78 is 5.61. The summed E-state index contributed by atoms with van der Waals surface area (Å²) in [6.07, 6.45) is 0.809. The Bertz CT molecular complexity index is 582. The summed E-state index contributed by atoms with van der Waals surface area (Å²) in [6, 6.07) is 1.81. The van der Waals surface area contributed by atoms with E-state index < -0.39 is 5.97 Å². The molecule has 6 heteroatoms. The van der Waals surface area contributed by atoms with Crippen molar-refractivity contribution in [1.29, 1.82) is 0 Å².